The van der Waals surface area contributed by atoms with Crippen molar-refractivity contribution in [2.75, 3.05) is 6.54 Å². The molecule has 0 bridgehead atoms. The summed E-state index contributed by atoms with van der Waals surface area (Å²) in [6.45, 7) is 5.56. The second-order valence-corrected chi connectivity index (χ2v) is 5.92. The molecule has 96 valence electrons. The minimum absolute atomic E-state index is 0.277. The van der Waals surface area contributed by atoms with Gasteiger partial charge in [0.2, 0.25) is 0 Å². The van der Waals surface area contributed by atoms with Crippen LogP contribution in [0.2, 0.25) is 5.02 Å². The predicted molar refractivity (Wildman–Crippen MR) is 76.3 cm³/mol. The molecule has 1 aromatic carbocycles. The quantitative estimate of drug-likeness (QED) is 0.839. The van der Waals surface area contributed by atoms with E-state index in [-0.39, 0.29) is 6.10 Å². The average molecular weight is 321 g/mol. The van der Waals surface area contributed by atoms with Crippen molar-refractivity contribution in [1.82, 2.24) is 5.32 Å². The Labute approximate surface area is 117 Å². The summed E-state index contributed by atoms with van der Waals surface area (Å²) in [6, 6.07) is 5.87. The van der Waals surface area contributed by atoms with Crippen molar-refractivity contribution in [3.63, 3.8) is 0 Å². The summed E-state index contributed by atoms with van der Waals surface area (Å²) in [4.78, 5) is 0. The molecule has 2 N–H and O–H groups in total. The van der Waals surface area contributed by atoms with Crippen LogP contribution in [0.1, 0.15) is 25.8 Å². The highest BCUT2D eigenvalue weighted by Crippen LogP contribution is 2.23. The van der Waals surface area contributed by atoms with E-state index in [0.717, 1.165) is 23.0 Å². The van der Waals surface area contributed by atoms with Gasteiger partial charge in [-0.15, -0.1) is 0 Å². The van der Waals surface area contributed by atoms with Gasteiger partial charge in [-0.2, -0.15) is 0 Å². The van der Waals surface area contributed by atoms with Gasteiger partial charge in [-0.05, 0) is 46.0 Å². The zero-order chi connectivity index (χ0) is 12.8. The average Bonchev–Trinajstić information content (AvgIpc) is 2.22. The maximum Gasteiger partial charge on any atom is 0.0667 e. The topological polar surface area (TPSA) is 32.3 Å². The van der Waals surface area contributed by atoms with Gasteiger partial charge in [0, 0.05) is 17.6 Å². The molecular weight excluding hydrogens is 302 g/mol. The Morgan fingerprint density at radius 3 is 2.71 bits per heavy atom. The fourth-order valence-electron chi connectivity index (χ4n) is 1.66. The van der Waals surface area contributed by atoms with Gasteiger partial charge in [0.15, 0.2) is 0 Å². The second-order valence-electron chi connectivity index (χ2n) is 4.66. The summed E-state index contributed by atoms with van der Waals surface area (Å²) >= 11 is 9.36. The van der Waals surface area contributed by atoms with Crippen LogP contribution in [0.15, 0.2) is 22.7 Å². The molecule has 0 aliphatic carbocycles. The van der Waals surface area contributed by atoms with Crippen molar-refractivity contribution in [3.8, 4) is 0 Å². The van der Waals surface area contributed by atoms with Crippen molar-refractivity contribution in [3.05, 3.63) is 33.3 Å². The minimum atomic E-state index is -0.277. The van der Waals surface area contributed by atoms with Gasteiger partial charge in [0.25, 0.3) is 0 Å². The van der Waals surface area contributed by atoms with Crippen molar-refractivity contribution in [1.29, 1.82) is 0 Å². The zero-order valence-corrected chi connectivity index (χ0v) is 12.6. The van der Waals surface area contributed by atoms with Crippen LogP contribution in [0.3, 0.4) is 0 Å². The molecule has 0 amide bonds. The van der Waals surface area contributed by atoms with Crippen LogP contribution in [0.4, 0.5) is 0 Å². The molecule has 2 nitrogen and oxygen atoms in total. The van der Waals surface area contributed by atoms with Gasteiger partial charge in [0.05, 0.1) is 11.1 Å². The first kappa shape index (κ1) is 15.0. The van der Waals surface area contributed by atoms with Crippen LogP contribution < -0.4 is 5.32 Å². The predicted octanol–water partition coefficient (Wildman–Crippen LogP) is 3.60. The molecule has 4 heteroatoms. The lowest BCUT2D eigenvalue weighted by Gasteiger charge is -2.14. The monoisotopic (exact) mass is 319 g/mol. The molecule has 0 fully saturated rings. The molecule has 0 radical (unpaired) electrons. The summed E-state index contributed by atoms with van der Waals surface area (Å²) in [6.07, 6.45) is 0.551. The van der Waals surface area contributed by atoms with Crippen LogP contribution in [0.25, 0.3) is 0 Å². The minimum Gasteiger partial charge on any atom is -0.392 e. The highest BCUT2D eigenvalue weighted by Gasteiger charge is 2.06. The first-order valence-electron chi connectivity index (χ1n) is 5.81. The number of hydrogen-bond donors (Lipinski definition) is 2. The number of aliphatic hydroxyl groups excluding tert-OH is 1. The molecule has 0 spiro atoms. The Morgan fingerprint density at radius 2 is 2.12 bits per heavy atom. The third-order valence-electron chi connectivity index (χ3n) is 2.44. The summed E-state index contributed by atoms with van der Waals surface area (Å²) in [5.74, 6) is 0.522. The molecular formula is C13H19BrClNO. The first-order chi connectivity index (χ1) is 7.99. The molecule has 17 heavy (non-hydrogen) atoms. The molecule has 1 aromatic rings. The van der Waals surface area contributed by atoms with Crippen molar-refractivity contribution >= 4 is 27.5 Å². The van der Waals surface area contributed by atoms with Crippen LogP contribution in [-0.4, -0.2) is 17.8 Å². The smallest absolute Gasteiger partial charge is 0.0667 e. The van der Waals surface area contributed by atoms with Gasteiger partial charge >= 0.3 is 0 Å². The molecule has 0 saturated heterocycles. The lowest BCUT2D eigenvalue weighted by atomic mass is 10.1. The van der Waals surface area contributed by atoms with Crippen LogP contribution in [0, 0.1) is 5.92 Å². The van der Waals surface area contributed by atoms with E-state index in [1.165, 1.54) is 0 Å². The fraction of sp³-hybridized carbons (Fsp3) is 0.538. The summed E-state index contributed by atoms with van der Waals surface area (Å²) in [5.41, 5.74) is 1.12. The molecule has 1 atom stereocenters. The van der Waals surface area contributed by atoms with Crippen molar-refractivity contribution < 1.29 is 5.11 Å². The van der Waals surface area contributed by atoms with E-state index in [1.807, 2.05) is 18.2 Å². The Kier molecular flexibility index (Phi) is 6.49. The molecule has 0 aliphatic rings. The van der Waals surface area contributed by atoms with Crippen molar-refractivity contribution in [2.45, 2.75) is 32.9 Å². The van der Waals surface area contributed by atoms with E-state index in [2.05, 4.69) is 35.1 Å². The summed E-state index contributed by atoms with van der Waals surface area (Å²) in [7, 11) is 0. The van der Waals surface area contributed by atoms with Gasteiger partial charge < -0.3 is 10.4 Å². The molecule has 0 saturated carbocycles. The first-order valence-corrected chi connectivity index (χ1v) is 6.99. The number of halogens is 2. The van der Waals surface area contributed by atoms with E-state index in [9.17, 15) is 5.11 Å². The van der Waals surface area contributed by atoms with Gasteiger partial charge in [-0.1, -0.05) is 31.5 Å². The lowest BCUT2D eigenvalue weighted by Crippen LogP contribution is -2.27. The van der Waals surface area contributed by atoms with Crippen molar-refractivity contribution in [2.24, 2.45) is 5.92 Å². The van der Waals surface area contributed by atoms with Crippen LogP contribution in [0.5, 0.6) is 0 Å². The Balaban J connectivity index is 2.33. The van der Waals surface area contributed by atoms with E-state index in [0.29, 0.717) is 17.5 Å². The Morgan fingerprint density at radius 1 is 1.41 bits per heavy atom. The number of nitrogens with one attached hydrogen (secondary N) is 1. The standard InChI is InChI=1S/C13H19BrClNO/c1-9(2)5-11(17)8-16-7-10-3-4-12(14)13(15)6-10/h3-4,6,9,11,16-17H,5,7-8H2,1-2H3. The zero-order valence-electron chi connectivity index (χ0n) is 10.2. The largest absolute Gasteiger partial charge is 0.392 e. The van der Waals surface area contributed by atoms with E-state index >= 15 is 0 Å². The van der Waals surface area contributed by atoms with E-state index < -0.39 is 0 Å². The Bertz CT molecular complexity index is 357. The number of hydrogen-bond acceptors (Lipinski definition) is 2. The number of rotatable bonds is 6. The van der Waals surface area contributed by atoms with Crippen LogP contribution in [-0.2, 0) is 6.54 Å². The maximum absolute atomic E-state index is 9.70. The second kappa shape index (κ2) is 7.37. The summed E-state index contributed by atoms with van der Waals surface area (Å²) in [5, 5.41) is 13.6. The normalized spacial score (nSPS) is 13.1. The molecule has 1 unspecified atom stereocenters. The fourth-order valence-corrected chi connectivity index (χ4v) is 2.11. The Hall–Kier alpha value is -0.0900. The number of benzene rings is 1. The molecule has 1 rings (SSSR count). The summed E-state index contributed by atoms with van der Waals surface area (Å²) < 4.78 is 0.905. The van der Waals surface area contributed by atoms with Gasteiger partial charge in [0.1, 0.15) is 0 Å². The highest BCUT2D eigenvalue weighted by atomic mass is 79.9. The van der Waals surface area contributed by atoms with E-state index in [1.54, 1.807) is 0 Å². The third-order valence-corrected chi connectivity index (χ3v) is 3.67. The molecule has 0 aromatic heterocycles. The molecule has 0 heterocycles. The SMILES string of the molecule is CC(C)CC(O)CNCc1ccc(Br)c(Cl)c1. The van der Waals surface area contributed by atoms with Crippen LogP contribution >= 0.6 is 27.5 Å². The lowest BCUT2D eigenvalue weighted by molar-refractivity contribution is 0.146. The molecule has 0 aliphatic heterocycles. The van der Waals surface area contributed by atoms with Gasteiger partial charge in [-0.3, -0.25) is 0 Å². The van der Waals surface area contributed by atoms with E-state index in [4.69, 9.17) is 11.6 Å². The maximum atomic E-state index is 9.70. The number of aliphatic hydroxyl groups is 1. The van der Waals surface area contributed by atoms with Gasteiger partial charge in [-0.25, -0.2) is 0 Å². The highest BCUT2D eigenvalue weighted by molar-refractivity contribution is 9.10. The third kappa shape index (κ3) is 5.87.